The SMILES string of the molecule is COc1ccc(CN=C(N)NCCN2CCN(c3cccc(Cl)c3)CC2)cc1OC. The number of benzene rings is 2. The molecule has 1 aliphatic rings. The highest BCUT2D eigenvalue weighted by Gasteiger charge is 2.17. The van der Waals surface area contributed by atoms with Crippen LogP contribution in [0.3, 0.4) is 0 Å². The fourth-order valence-electron chi connectivity index (χ4n) is 3.46. The van der Waals surface area contributed by atoms with E-state index in [1.54, 1.807) is 14.2 Å². The zero-order valence-electron chi connectivity index (χ0n) is 17.6. The quantitative estimate of drug-likeness (QED) is 0.494. The number of piperazine rings is 1. The summed E-state index contributed by atoms with van der Waals surface area (Å²) in [6.07, 6.45) is 0. The van der Waals surface area contributed by atoms with Crippen molar-refractivity contribution in [3.63, 3.8) is 0 Å². The number of hydrogen-bond donors (Lipinski definition) is 2. The summed E-state index contributed by atoms with van der Waals surface area (Å²) in [5.41, 5.74) is 8.22. The van der Waals surface area contributed by atoms with Gasteiger partial charge in [-0.05, 0) is 35.9 Å². The zero-order chi connectivity index (χ0) is 21.3. The van der Waals surface area contributed by atoms with Gasteiger partial charge in [-0.2, -0.15) is 0 Å². The van der Waals surface area contributed by atoms with Crippen molar-refractivity contribution in [3.8, 4) is 11.5 Å². The van der Waals surface area contributed by atoms with Gasteiger partial charge < -0.3 is 25.4 Å². The maximum Gasteiger partial charge on any atom is 0.188 e. The first-order valence-electron chi connectivity index (χ1n) is 10.1. The minimum Gasteiger partial charge on any atom is -0.493 e. The number of nitrogens with zero attached hydrogens (tertiary/aromatic N) is 3. The predicted octanol–water partition coefficient (Wildman–Crippen LogP) is 2.58. The molecule has 1 fully saturated rings. The highest BCUT2D eigenvalue weighted by Crippen LogP contribution is 2.27. The summed E-state index contributed by atoms with van der Waals surface area (Å²) in [7, 11) is 3.24. The third-order valence-corrected chi connectivity index (χ3v) is 5.39. The van der Waals surface area contributed by atoms with E-state index in [-0.39, 0.29) is 0 Å². The molecular formula is C22H30ClN5O2. The Morgan fingerprint density at radius 3 is 2.53 bits per heavy atom. The van der Waals surface area contributed by atoms with Crippen molar-refractivity contribution >= 4 is 23.2 Å². The molecule has 2 aromatic carbocycles. The Kier molecular flexibility index (Phi) is 8.04. The summed E-state index contributed by atoms with van der Waals surface area (Å²) in [4.78, 5) is 9.21. The molecular weight excluding hydrogens is 402 g/mol. The molecule has 2 aromatic rings. The largest absolute Gasteiger partial charge is 0.493 e. The Morgan fingerprint density at radius 2 is 1.83 bits per heavy atom. The van der Waals surface area contributed by atoms with Crippen LogP contribution >= 0.6 is 11.6 Å². The van der Waals surface area contributed by atoms with Crippen LogP contribution in [0.15, 0.2) is 47.5 Å². The van der Waals surface area contributed by atoms with Crippen LogP contribution in [0.1, 0.15) is 5.56 Å². The molecule has 7 nitrogen and oxygen atoms in total. The molecule has 0 radical (unpaired) electrons. The highest BCUT2D eigenvalue weighted by molar-refractivity contribution is 6.30. The molecule has 0 amide bonds. The number of hydrogen-bond acceptors (Lipinski definition) is 5. The van der Waals surface area contributed by atoms with Gasteiger partial charge in [0.2, 0.25) is 0 Å². The van der Waals surface area contributed by atoms with Crippen molar-refractivity contribution in [2.45, 2.75) is 6.54 Å². The van der Waals surface area contributed by atoms with E-state index in [1.807, 2.05) is 36.4 Å². The molecule has 1 saturated heterocycles. The summed E-state index contributed by atoms with van der Waals surface area (Å²) < 4.78 is 10.6. The van der Waals surface area contributed by atoms with Gasteiger partial charge >= 0.3 is 0 Å². The van der Waals surface area contributed by atoms with Crippen molar-refractivity contribution in [1.29, 1.82) is 0 Å². The van der Waals surface area contributed by atoms with E-state index in [9.17, 15) is 0 Å². The number of halogens is 1. The second-order valence-corrected chi connectivity index (χ2v) is 7.56. The lowest BCUT2D eigenvalue weighted by molar-refractivity contribution is 0.261. The molecule has 3 rings (SSSR count). The van der Waals surface area contributed by atoms with Crippen LogP contribution in [0.25, 0.3) is 0 Å². The number of rotatable bonds is 8. The molecule has 1 aliphatic heterocycles. The number of nitrogens with one attached hydrogen (secondary N) is 1. The Bertz CT molecular complexity index is 853. The molecule has 0 saturated carbocycles. The number of aliphatic imine (C=N–C) groups is 1. The first kappa shape index (κ1) is 22.1. The summed E-state index contributed by atoms with van der Waals surface area (Å²) in [6.45, 7) is 6.17. The minimum absolute atomic E-state index is 0.447. The first-order valence-corrected chi connectivity index (χ1v) is 10.4. The van der Waals surface area contributed by atoms with Crippen LogP contribution in [0.4, 0.5) is 5.69 Å². The van der Waals surface area contributed by atoms with E-state index in [0.29, 0.717) is 24.0 Å². The fraction of sp³-hybridized carbons (Fsp3) is 0.409. The lowest BCUT2D eigenvalue weighted by Crippen LogP contribution is -2.49. The summed E-state index contributed by atoms with van der Waals surface area (Å²) in [5, 5.41) is 3.98. The Morgan fingerprint density at radius 1 is 1.07 bits per heavy atom. The number of anilines is 1. The van der Waals surface area contributed by atoms with Gasteiger partial charge in [0.15, 0.2) is 17.5 Å². The lowest BCUT2D eigenvalue weighted by atomic mass is 10.2. The fourth-order valence-corrected chi connectivity index (χ4v) is 3.64. The maximum absolute atomic E-state index is 6.10. The number of methoxy groups -OCH3 is 2. The third kappa shape index (κ3) is 6.18. The van der Waals surface area contributed by atoms with Gasteiger partial charge in [-0.15, -0.1) is 0 Å². The first-order chi connectivity index (χ1) is 14.6. The van der Waals surface area contributed by atoms with Gasteiger partial charge in [0.25, 0.3) is 0 Å². The van der Waals surface area contributed by atoms with Gasteiger partial charge in [0.1, 0.15) is 0 Å². The van der Waals surface area contributed by atoms with Crippen molar-refractivity contribution in [2.75, 3.05) is 58.4 Å². The normalized spacial score (nSPS) is 15.2. The van der Waals surface area contributed by atoms with E-state index in [0.717, 1.165) is 49.9 Å². The Hall–Kier alpha value is -2.64. The molecule has 30 heavy (non-hydrogen) atoms. The molecule has 0 unspecified atom stereocenters. The molecule has 0 atom stereocenters. The topological polar surface area (TPSA) is 75.4 Å². The third-order valence-electron chi connectivity index (χ3n) is 5.16. The molecule has 0 aromatic heterocycles. The average Bonchev–Trinajstić information content (AvgIpc) is 2.78. The van der Waals surface area contributed by atoms with E-state index in [4.69, 9.17) is 26.8 Å². The standard InChI is InChI=1S/C22H30ClN5O2/c1-29-20-7-6-17(14-21(20)30-2)16-26-22(24)25-8-9-27-10-12-28(13-11-27)19-5-3-4-18(23)15-19/h3-7,14-15H,8-13,16H2,1-2H3,(H3,24,25,26). The molecule has 162 valence electrons. The van der Waals surface area contributed by atoms with Crippen LogP contribution in [0.2, 0.25) is 5.02 Å². The molecule has 0 spiro atoms. The van der Waals surface area contributed by atoms with Crippen molar-refractivity contribution in [3.05, 3.63) is 53.1 Å². The predicted molar refractivity (Wildman–Crippen MR) is 123 cm³/mol. The van der Waals surface area contributed by atoms with Gasteiger partial charge in [0, 0.05) is 50.0 Å². The van der Waals surface area contributed by atoms with Crippen LogP contribution in [-0.4, -0.2) is 64.3 Å². The van der Waals surface area contributed by atoms with E-state index >= 15 is 0 Å². The average molecular weight is 432 g/mol. The molecule has 0 aliphatic carbocycles. The molecule has 3 N–H and O–H groups in total. The van der Waals surface area contributed by atoms with Crippen LogP contribution in [0.5, 0.6) is 11.5 Å². The van der Waals surface area contributed by atoms with Gasteiger partial charge in [-0.25, -0.2) is 4.99 Å². The number of guanidine groups is 1. The zero-order valence-corrected chi connectivity index (χ0v) is 18.4. The van der Waals surface area contributed by atoms with Crippen molar-refractivity contribution < 1.29 is 9.47 Å². The van der Waals surface area contributed by atoms with Crippen molar-refractivity contribution in [1.82, 2.24) is 10.2 Å². The van der Waals surface area contributed by atoms with E-state index < -0.39 is 0 Å². The number of nitrogens with two attached hydrogens (primary N) is 1. The molecule has 1 heterocycles. The minimum atomic E-state index is 0.447. The summed E-state index contributed by atoms with van der Waals surface area (Å²) in [5.74, 6) is 1.84. The smallest absolute Gasteiger partial charge is 0.188 e. The second-order valence-electron chi connectivity index (χ2n) is 7.13. The maximum atomic E-state index is 6.10. The van der Waals surface area contributed by atoms with Gasteiger partial charge in [-0.1, -0.05) is 23.7 Å². The van der Waals surface area contributed by atoms with Crippen LogP contribution in [0, 0.1) is 0 Å². The van der Waals surface area contributed by atoms with E-state index in [2.05, 4.69) is 26.2 Å². The van der Waals surface area contributed by atoms with Gasteiger partial charge in [-0.3, -0.25) is 4.90 Å². The lowest BCUT2D eigenvalue weighted by Gasteiger charge is -2.36. The summed E-state index contributed by atoms with van der Waals surface area (Å²) in [6, 6.07) is 13.8. The molecule has 8 heteroatoms. The summed E-state index contributed by atoms with van der Waals surface area (Å²) >= 11 is 6.10. The van der Waals surface area contributed by atoms with Crippen LogP contribution < -0.4 is 25.4 Å². The van der Waals surface area contributed by atoms with Crippen LogP contribution in [-0.2, 0) is 6.54 Å². The highest BCUT2D eigenvalue weighted by atomic mass is 35.5. The Balaban J connectivity index is 1.39. The molecule has 0 bridgehead atoms. The van der Waals surface area contributed by atoms with Crippen molar-refractivity contribution in [2.24, 2.45) is 10.7 Å². The Labute approximate surface area is 183 Å². The van der Waals surface area contributed by atoms with Gasteiger partial charge in [0.05, 0.1) is 20.8 Å². The second kappa shape index (κ2) is 10.9. The number of ether oxygens (including phenoxy) is 2. The van der Waals surface area contributed by atoms with E-state index in [1.165, 1.54) is 5.69 Å². The monoisotopic (exact) mass is 431 g/mol.